The number of halogens is 2. The summed E-state index contributed by atoms with van der Waals surface area (Å²) < 4.78 is 12.7. The predicted molar refractivity (Wildman–Crippen MR) is 68.0 cm³/mol. The minimum atomic E-state index is -0.731. The number of nitrogens with one attached hydrogen (secondary N) is 1. The van der Waals surface area contributed by atoms with Crippen molar-refractivity contribution in [3.05, 3.63) is 57.2 Å². The Kier molecular flexibility index (Phi) is 3.85. The molecule has 0 spiro atoms. The van der Waals surface area contributed by atoms with Crippen LogP contribution in [0, 0.1) is 15.9 Å². The van der Waals surface area contributed by atoms with E-state index < -0.39 is 16.6 Å². The molecular weight excluding hydrogens is 291 g/mol. The lowest BCUT2D eigenvalue weighted by atomic mass is 10.2. The molecule has 0 bridgehead atoms. The minimum absolute atomic E-state index is 0.0824. The Balaban J connectivity index is 2.26. The van der Waals surface area contributed by atoms with Gasteiger partial charge in [0.1, 0.15) is 23.0 Å². The Morgan fingerprint density at radius 2 is 2.10 bits per heavy atom. The molecule has 0 saturated carbocycles. The summed E-state index contributed by atoms with van der Waals surface area (Å²) in [7, 11) is 0. The van der Waals surface area contributed by atoms with Gasteiger partial charge in [-0.1, -0.05) is 11.6 Å². The van der Waals surface area contributed by atoms with Gasteiger partial charge in [-0.05, 0) is 12.1 Å². The number of pyridine rings is 2. The van der Waals surface area contributed by atoms with E-state index in [1.165, 1.54) is 6.07 Å². The first-order chi connectivity index (χ1) is 9.47. The Morgan fingerprint density at radius 1 is 1.35 bits per heavy atom. The first-order valence-corrected chi connectivity index (χ1v) is 5.58. The molecule has 2 heterocycles. The van der Waals surface area contributed by atoms with Gasteiger partial charge in [0.05, 0.1) is 16.7 Å². The molecule has 1 N–H and O–H groups in total. The average Bonchev–Trinajstić information content (AvgIpc) is 2.41. The van der Waals surface area contributed by atoms with Gasteiger partial charge in [0, 0.05) is 6.07 Å². The lowest BCUT2D eigenvalue weighted by molar-refractivity contribution is -0.385. The molecule has 2 aromatic rings. The van der Waals surface area contributed by atoms with E-state index in [0.29, 0.717) is 0 Å². The number of nitrogens with zero attached hydrogens (tertiary/aromatic N) is 3. The van der Waals surface area contributed by atoms with E-state index in [9.17, 15) is 19.3 Å². The topological polar surface area (TPSA) is 98.0 Å². The maximum absolute atomic E-state index is 12.7. The van der Waals surface area contributed by atoms with E-state index in [4.69, 9.17) is 11.6 Å². The highest BCUT2D eigenvalue weighted by atomic mass is 35.5. The number of anilines is 1. The summed E-state index contributed by atoms with van der Waals surface area (Å²) in [6.07, 6.45) is 1.86. The molecule has 0 atom stereocenters. The number of nitro groups is 1. The normalized spacial score (nSPS) is 10.1. The fourth-order valence-electron chi connectivity index (χ4n) is 1.33. The SMILES string of the molecule is O=C(Nc1ccc(F)cn1)c1cc([N+](=O)[O-])cnc1Cl. The van der Waals surface area contributed by atoms with Crippen molar-refractivity contribution in [2.24, 2.45) is 0 Å². The molecule has 0 aliphatic carbocycles. The van der Waals surface area contributed by atoms with E-state index in [2.05, 4.69) is 15.3 Å². The van der Waals surface area contributed by atoms with Gasteiger partial charge in [-0.15, -0.1) is 0 Å². The molecule has 1 amide bonds. The van der Waals surface area contributed by atoms with Crippen LogP contribution >= 0.6 is 11.6 Å². The third-order valence-corrected chi connectivity index (χ3v) is 2.55. The number of carbonyl (C=O) groups is 1. The lowest BCUT2D eigenvalue weighted by Crippen LogP contribution is -2.14. The molecule has 0 fully saturated rings. The zero-order chi connectivity index (χ0) is 14.7. The Hall–Kier alpha value is -2.61. The van der Waals surface area contributed by atoms with Crippen molar-refractivity contribution in [3.63, 3.8) is 0 Å². The summed E-state index contributed by atoms with van der Waals surface area (Å²) >= 11 is 5.71. The fraction of sp³-hybridized carbons (Fsp3) is 0. The van der Waals surface area contributed by atoms with Crippen LogP contribution in [0.15, 0.2) is 30.6 Å². The molecule has 0 radical (unpaired) electrons. The largest absolute Gasteiger partial charge is 0.306 e. The Morgan fingerprint density at radius 3 is 2.70 bits per heavy atom. The molecular formula is C11H6ClFN4O3. The van der Waals surface area contributed by atoms with E-state index in [1.54, 1.807) is 0 Å². The maximum Gasteiger partial charge on any atom is 0.288 e. The first-order valence-electron chi connectivity index (χ1n) is 5.20. The smallest absolute Gasteiger partial charge is 0.288 e. The van der Waals surface area contributed by atoms with Crippen molar-refractivity contribution in [1.29, 1.82) is 0 Å². The summed E-state index contributed by atoms with van der Waals surface area (Å²) in [5, 5.41) is 12.8. The number of carbonyl (C=O) groups excluding carboxylic acids is 1. The van der Waals surface area contributed by atoms with Crippen molar-refractivity contribution in [1.82, 2.24) is 9.97 Å². The average molecular weight is 297 g/mol. The first kappa shape index (κ1) is 13.8. The highest BCUT2D eigenvalue weighted by Crippen LogP contribution is 2.20. The van der Waals surface area contributed by atoms with Crippen molar-refractivity contribution in [2.75, 3.05) is 5.32 Å². The van der Waals surface area contributed by atoms with Gasteiger partial charge in [-0.25, -0.2) is 14.4 Å². The molecule has 0 saturated heterocycles. The van der Waals surface area contributed by atoms with E-state index in [1.807, 2.05) is 0 Å². The van der Waals surface area contributed by atoms with Crippen molar-refractivity contribution in [3.8, 4) is 0 Å². The van der Waals surface area contributed by atoms with E-state index in [0.717, 1.165) is 24.5 Å². The standard InChI is InChI=1S/C11H6ClFN4O3/c12-10-8(3-7(5-15-10)17(19)20)11(18)16-9-2-1-6(13)4-14-9/h1-5H,(H,14,16,18). The summed E-state index contributed by atoms with van der Waals surface area (Å²) in [4.78, 5) is 29.0. The summed E-state index contributed by atoms with van der Waals surface area (Å²) in [6.45, 7) is 0. The quantitative estimate of drug-likeness (QED) is 0.533. The van der Waals surface area contributed by atoms with Gasteiger partial charge in [0.15, 0.2) is 0 Å². The summed E-state index contributed by atoms with van der Waals surface area (Å²) in [5.74, 6) is -1.21. The van der Waals surface area contributed by atoms with Crippen LogP contribution in [0.1, 0.15) is 10.4 Å². The van der Waals surface area contributed by atoms with Crippen molar-refractivity contribution in [2.45, 2.75) is 0 Å². The van der Waals surface area contributed by atoms with Gasteiger partial charge < -0.3 is 5.32 Å². The third-order valence-electron chi connectivity index (χ3n) is 2.25. The summed E-state index contributed by atoms with van der Waals surface area (Å²) in [5.41, 5.74) is -0.543. The number of amides is 1. The van der Waals surface area contributed by atoms with Crippen LogP contribution in [0.3, 0.4) is 0 Å². The molecule has 0 aliphatic heterocycles. The molecule has 7 nitrogen and oxygen atoms in total. The van der Waals surface area contributed by atoms with E-state index in [-0.39, 0.29) is 22.2 Å². The van der Waals surface area contributed by atoms with Gasteiger partial charge in [0.25, 0.3) is 11.6 Å². The zero-order valence-electron chi connectivity index (χ0n) is 9.71. The molecule has 2 aromatic heterocycles. The Labute approximate surface area is 116 Å². The molecule has 102 valence electrons. The van der Waals surface area contributed by atoms with Gasteiger partial charge in [-0.2, -0.15) is 0 Å². The second kappa shape index (κ2) is 5.57. The van der Waals surface area contributed by atoms with Crippen LogP contribution in [0.25, 0.3) is 0 Å². The lowest BCUT2D eigenvalue weighted by Gasteiger charge is -2.05. The number of rotatable bonds is 3. The van der Waals surface area contributed by atoms with Crippen molar-refractivity contribution < 1.29 is 14.1 Å². The second-order valence-electron chi connectivity index (χ2n) is 3.60. The predicted octanol–water partition coefficient (Wildman–Crippen LogP) is 2.43. The van der Waals surface area contributed by atoms with Gasteiger partial charge in [0.2, 0.25) is 0 Å². The fourth-order valence-corrected chi connectivity index (χ4v) is 1.52. The van der Waals surface area contributed by atoms with Crippen LogP contribution in [0.4, 0.5) is 15.9 Å². The molecule has 9 heteroatoms. The van der Waals surface area contributed by atoms with Gasteiger partial charge in [-0.3, -0.25) is 14.9 Å². The van der Waals surface area contributed by atoms with Gasteiger partial charge >= 0.3 is 0 Å². The molecule has 0 unspecified atom stereocenters. The third kappa shape index (κ3) is 3.04. The van der Waals surface area contributed by atoms with Crippen LogP contribution in [-0.2, 0) is 0 Å². The number of hydrogen-bond acceptors (Lipinski definition) is 5. The zero-order valence-corrected chi connectivity index (χ0v) is 10.5. The monoisotopic (exact) mass is 296 g/mol. The number of hydrogen-bond donors (Lipinski definition) is 1. The Bertz CT molecular complexity index is 678. The molecule has 0 aromatic carbocycles. The summed E-state index contributed by atoms with van der Waals surface area (Å²) in [6, 6.07) is 3.34. The van der Waals surface area contributed by atoms with Crippen LogP contribution in [0.2, 0.25) is 5.15 Å². The maximum atomic E-state index is 12.7. The highest BCUT2D eigenvalue weighted by Gasteiger charge is 2.17. The molecule has 0 aliphatic rings. The minimum Gasteiger partial charge on any atom is -0.306 e. The van der Waals surface area contributed by atoms with E-state index >= 15 is 0 Å². The van der Waals surface area contributed by atoms with Crippen LogP contribution in [-0.4, -0.2) is 20.8 Å². The second-order valence-corrected chi connectivity index (χ2v) is 3.96. The van der Waals surface area contributed by atoms with Crippen LogP contribution in [0.5, 0.6) is 0 Å². The molecule has 2 rings (SSSR count). The number of aromatic nitrogens is 2. The van der Waals surface area contributed by atoms with Crippen LogP contribution < -0.4 is 5.32 Å². The molecule has 20 heavy (non-hydrogen) atoms. The van der Waals surface area contributed by atoms with Crippen molar-refractivity contribution >= 4 is 29.0 Å². The highest BCUT2D eigenvalue weighted by molar-refractivity contribution is 6.33.